The van der Waals surface area contributed by atoms with Crippen LogP contribution in [0.1, 0.15) is 44.2 Å². The highest BCUT2D eigenvalue weighted by Crippen LogP contribution is 2.16. The first-order chi connectivity index (χ1) is 16.2. The van der Waals surface area contributed by atoms with Gasteiger partial charge in [0.2, 0.25) is 21.8 Å². The Hall–Kier alpha value is -2.71. The number of nitrogens with zero attached hydrogens (tertiary/aromatic N) is 2. The lowest BCUT2D eigenvalue weighted by Crippen LogP contribution is -2.52. The number of carbonyl (C=O) groups excluding carboxylic acids is 2. The molecular weight excluding hydrogens is 450 g/mol. The summed E-state index contributed by atoms with van der Waals surface area (Å²) in [5, 5.41) is 2.92. The molecule has 0 aliphatic heterocycles. The van der Waals surface area contributed by atoms with Crippen molar-refractivity contribution >= 4 is 21.8 Å². The molecule has 0 saturated carbocycles. The number of sulfonamides is 1. The number of benzene rings is 2. The maximum atomic E-state index is 13.4. The van der Waals surface area contributed by atoms with Gasteiger partial charge in [0.05, 0.1) is 11.4 Å². The summed E-state index contributed by atoms with van der Waals surface area (Å²) < 4.78 is 27.1. The van der Waals surface area contributed by atoms with Gasteiger partial charge in [-0.15, -0.1) is 0 Å². The van der Waals surface area contributed by atoms with Crippen LogP contribution >= 0.6 is 0 Å². The molecule has 2 amide bonds. The number of unbranched alkanes of at least 4 members (excludes halogenated alkanes) is 1. The second-order valence-corrected chi connectivity index (χ2v) is 10.5. The number of aryl methyl sites for hydroxylation is 1. The smallest absolute Gasteiger partial charge is 0.243 e. The Morgan fingerprint density at radius 1 is 1.00 bits per heavy atom. The van der Waals surface area contributed by atoms with Gasteiger partial charge in [0.15, 0.2) is 0 Å². The fourth-order valence-electron chi connectivity index (χ4n) is 3.66. The maximum absolute atomic E-state index is 13.4. The van der Waals surface area contributed by atoms with Crippen LogP contribution in [-0.4, -0.2) is 62.2 Å². The van der Waals surface area contributed by atoms with Gasteiger partial charge in [0, 0.05) is 20.1 Å². The van der Waals surface area contributed by atoms with Gasteiger partial charge in [-0.3, -0.25) is 9.59 Å². The third-order valence-electron chi connectivity index (χ3n) is 5.79. The van der Waals surface area contributed by atoms with Crippen molar-refractivity contribution in [1.29, 1.82) is 0 Å². The second kappa shape index (κ2) is 13.2. The molecule has 0 heterocycles. The summed E-state index contributed by atoms with van der Waals surface area (Å²) in [6.45, 7) is 6.31. The highest BCUT2D eigenvalue weighted by molar-refractivity contribution is 7.89. The average molecular weight is 488 g/mol. The number of nitrogens with one attached hydrogen (secondary N) is 1. The van der Waals surface area contributed by atoms with Crippen molar-refractivity contribution in [1.82, 2.24) is 14.5 Å². The van der Waals surface area contributed by atoms with E-state index in [2.05, 4.69) is 5.32 Å². The predicted octanol–water partition coefficient (Wildman–Crippen LogP) is 3.38. The van der Waals surface area contributed by atoms with E-state index in [0.717, 1.165) is 28.3 Å². The molecule has 2 rings (SSSR count). The molecule has 0 spiro atoms. The average Bonchev–Trinajstić information content (AvgIpc) is 2.82. The minimum Gasteiger partial charge on any atom is -0.354 e. The summed E-state index contributed by atoms with van der Waals surface area (Å²) in [7, 11) is -2.44. The normalized spacial score (nSPS) is 12.4. The Morgan fingerprint density at radius 3 is 2.24 bits per heavy atom. The summed E-state index contributed by atoms with van der Waals surface area (Å²) in [5.41, 5.74) is 1.99. The summed E-state index contributed by atoms with van der Waals surface area (Å²) in [6, 6.07) is 15.6. The molecule has 34 heavy (non-hydrogen) atoms. The van der Waals surface area contributed by atoms with Crippen LogP contribution in [0.25, 0.3) is 0 Å². The Morgan fingerprint density at radius 2 is 1.65 bits per heavy atom. The third kappa shape index (κ3) is 7.67. The van der Waals surface area contributed by atoms with Gasteiger partial charge in [0.25, 0.3) is 0 Å². The van der Waals surface area contributed by atoms with E-state index in [0.29, 0.717) is 25.9 Å². The number of amides is 2. The Kier molecular flexibility index (Phi) is 10.7. The van der Waals surface area contributed by atoms with Crippen molar-refractivity contribution in [3.05, 3.63) is 65.7 Å². The Bertz CT molecular complexity index is 1020. The van der Waals surface area contributed by atoms with Crippen LogP contribution in [0.2, 0.25) is 0 Å². The minimum absolute atomic E-state index is 0.133. The first-order valence-corrected chi connectivity index (χ1v) is 13.3. The van der Waals surface area contributed by atoms with E-state index in [4.69, 9.17) is 0 Å². The number of carbonyl (C=O) groups is 2. The van der Waals surface area contributed by atoms with Crippen molar-refractivity contribution in [3.8, 4) is 0 Å². The van der Waals surface area contributed by atoms with E-state index >= 15 is 0 Å². The second-order valence-electron chi connectivity index (χ2n) is 8.47. The SMILES string of the molecule is CCCCNC(=O)[C@@H](CC)N(CCc1ccccc1)C(=O)CN(C)S(=O)(=O)c1ccc(C)cc1. The molecule has 186 valence electrons. The molecule has 1 atom stereocenters. The lowest BCUT2D eigenvalue weighted by molar-refractivity contribution is -0.140. The van der Waals surface area contributed by atoms with Gasteiger partial charge in [-0.2, -0.15) is 4.31 Å². The van der Waals surface area contributed by atoms with Crippen molar-refractivity contribution in [3.63, 3.8) is 0 Å². The minimum atomic E-state index is -3.84. The van der Waals surface area contributed by atoms with Crippen LogP contribution in [0.15, 0.2) is 59.5 Å². The molecular formula is C26H37N3O4S. The van der Waals surface area contributed by atoms with Gasteiger partial charge in [-0.25, -0.2) is 8.42 Å². The van der Waals surface area contributed by atoms with E-state index in [9.17, 15) is 18.0 Å². The molecule has 0 saturated heterocycles. The number of hydrogen-bond donors (Lipinski definition) is 1. The van der Waals surface area contributed by atoms with Gasteiger partial charge in [-0.05, 0) is 43.9 Å². The molecule has 7 nitrogen and oxygen atoms in total. The molecule has 2 aromatic rings. The standard InChI is InChI=1S/C26H37N3O4S/c1-5-7-18-27-26(31)24(6-2)29(19-17-22-11-9-8-10-12-22)25(30)20-28(4)34(32,33)23-15-13-21(3)14-16-23/h8-16,24H,5-7,17-20H2,1-4H3,(H,27,31)/t24-/m1/s1. The molecule has 0 aliphatic rings. The molecule has 0 aliphatic carbocycles. The summed E-state index contributed by atoms with van der Waals surface area (Å²) in [6.07, 6.45) is 2.82. The zero-order chi connectivity index (χ0) is 25.1. The van der Waals surface area contributed by atoms with Crippen LogP contribution < -0.4 is 5.32 Å². The fraction of sp³-hybridized carbons (Fsp3) is 0.462. The summed E-state index contributed by atoms with van der Waals surface area (Å²) in [5.74, 6) is -0.604. The van der Waals surface area contributed by atoms with Crippen LogP contribution in [0.4, 0.5) is 0 Å². The number of likely N-dealkylation sites (N-methyl/N-ethyl adjacent to an activating group) is 1. The highest BCUT2D eigenvalue weighted by Gasteiger charge is 2.31. The first kappa shape index (κ1) is 27.5. The van der Waals surface area contributed by atoms with E-state index in [1.807, 2.05) is 51.1 Å². The Labute approximate surface area is 204 Å². The molecule has 1 N–H and O–H groups in total. The van der Waals surface area contributed by atoms with Crippen molar-refractivity contribution in [2.45, 2.75) is 57.4 Å². The van der Waals surface area contributed by atoms with Gasteiger partial charge in [0.1, 0.15) is 6.04 Å². The molecule has 2 aromatic carbocycles. The molecule has 0 aromatic heterocycles. The molecule has 0 bridgehead atoms. The zero-order valence-corrected chi connectivity index (χ0v) is 21.5. The van der Waals surface area contributed by atoms with E-state index in [1.165, 1.54) is 24.1 Å². The quantitative estimate of drug-likeness (QED) is 0.439. The molecule has 0 fully saturated rings. The number of hydrogen-bond acceptors (Lipinski definition) is 4. The lowest BCUT2D eigenvalue weighted by Gasteiger charge is -2.32. The molecule has 8 heteroatoms. The molecule has 0 radical (unpaired) electrons. The van der Waals surface area contributed by atoms with Crippen molar-refractivity contribution in [2.24, 2.45) is 0 Å². The maximum Gasteiger partial charge on any atom is 0.243 e. The summed E-state index contributed by atoms with van der Waals surface area (Å²) >= 11 is 0. The van der Waals surface area contributed by atoms with Crippen LogP contribution in [0.5, 0.6) is 0 Å². The van der Waals surface area contributed by atoms with Crippen molar-refractivity contribution in [2.75, 3.05) is 26.7 Å². The van der Waals surface area contributed by atoms with Crippen LogP contribution in [0, 0.1) is 6.92 Å². The largest absolute Gasteiger partial charge is 0.354 e. The van der Waals surface area contributed by atoms with E-state index in [1.54, 1.807) is 12.1 Å². The molecule has 0 unspecified atom stereocenters. The van der Waals surface area contributed by atoms with Gasteiger partial charge in [-0.1, -0.05) is 68.3 Å². The van der Waals surface area contributed by atoms with Gasteiger partial charge >= 0.3 is 0 Å². The highest BCUT2D eigenvalue weighted by atomic mass is 32.2. The third-order valence-corrected chi connectivity index (χ3v) is 7.60. The van der Waals surface area contributed by atoms with Crippen LogP contribution in [0.3, 0.4) is 0 Å². The summed E-state index contributed by atoms with van der Waals surface area (Å²) in [4.78, 5) is 27.9. The first-order valence-electron chi connectivity index (χ1n) is 11.8. The zero-order valence-electron chi connectivity index (χ0n) is 20.7. The fourth-order valence-corrected chi connectivity index (χ4v) is 4.78. The van der Waals surface area contributed by atoms with E-state index < -0.39 is 22.0 Å². The van der Waals surface area contributed by atoms with Gasteiger partial charge < -0.3 is 10.2 Å². The Balaban J connectivity index is 2.22. The lowest BCUT2D eigenvalue weighted by atomic mass is 10.1. The van der Waals surface area contributed by atoms with Crippen LogP contribution in [-0.2, 0) is 26.0 Å². The number of rotatable bonds is 13. The topological polar surface area (TPSA) is 86.8 Å². The van der Waals surface area contributed by atoms with Crippen molar-refractivity contribution < 1.29 is 18.0 Å². The monoisotopic (exact) mass is 487 g/mol. The predicted molar refractivity (Wildman–Crippen MR) is 135 cm³/mol. The van der Waals surface area contributed by atoms with E-state index in [-0.39, 0.29) is 17.3 Å².